The van der Waals surface area contributed by atoms with Crippen LogP contribution in [0.1, 0.15) is 10.4 Å². The molecule has 1 heterocycles. The quantitative estimate of drug-likeness (QED) is 0.369. The number of para-hydroxylation sites is 1. The van der Waals surface area contributed by atoms with E-state index in [1.165, 1.54) is 0 Å². The molecule has 26 heavy (non-hydrogen) atoms. The Balaban J connectivity index is 1.96. The summed E-state index contributed by atoms with van der Waals surface area (Å²) in [7, 11) is 0. The zero-order valence-electron chi connectivity index (χ0n) is 14.2. The molecule has 0 amide bonds. The largest absolute Gasteiger partial charge is 0.458 e. The third kappa shape index (κ3) is 2.84. The first-order valence-corrected chi connectivity index (χ1v) is 8.44. The molecule has 0 radical (unpaired) electrons. The monoisotopic (exact) mass is 339 g/mol. The zero-order valence-corrected chi connectivity index (χ0v) is 14.2. The van der Waals surface area contributed by atoms with Crippen molar-refractivity contribution in [2.75, 3.05) is 6.61 Å². The molecule has 1 aromatic heterocycles. The maximum Gasteiger partial charge on any atom is 0.339 e. The van der Waals surface area contributed by atoms with E-state index in [2.05, 4.69) is 24.8 Å². The Labute approximate surface area is 151 Å². The normalized spacial score (nSPS) is 10.8. The predicted molar refractivity (Wildman–Crippen MR) is 105 cm³/mol. The molecule has 0 bridgehead atoms. The van der Waals surface area contributed by atoms with Crippen LogP contribution in [0.15, 0.2) is 85.5 Å². The van der Waals surface area contributed by atoms with Gasteiger partial charge in [-0.05, 0) is 22.9 Å². The fourth-order valence-electron chi connectivity index (χ4n) is 3.14. The minimum atomic E-state index is -0.370. The van der Waals surface area contributed by atoms with E-state index in [0.717, 1.165) is 32.9 Å². The number of esters is 1. The first-order valence-electron chi connectivity index (χ1n) is 8.44. The molecule has 0 atom stereocenters. The Morgan fingerprint density at radius 3 is 2.54 bits per heavy atom. The topological polar surface area (TPSA) is 39.2 Å². The summed E-state index contributed by atoms with van der Waals surface area (Å²) in [6, 6.07) is 23.7. The summed E-state index contributed by atoms with van der Waals surface area (Å²) in [5.41, 5.74) is 3.03. The van der Waals surface area contributed by atoms with Crippen molar-refractivity contribution in [1.82, 2.24) is 4.98 Å². The van der Waals surface area contributed by atoms with Crippen molar-refractivity contribution >= 4 is 27.6 Å². The van der Waals surface area contributed by atoms with Crippen molar-refractivity contribution < 1.29 is 9.53 Å². The second kappa shape index (κ2) is 6.81. The maximum atomic E-state index is 12.6. The Bertz CT molecular complexity index is 1130. The number of fused-ring (bicyclic) bond motifs is 2. The van der Waals surface area contributed by atoms with Crippen LogP contribution in [0.25, 0.3) is 32.9 Å². The van der Waals surface area contributed by atoms with E-state index >= 15 is 0 Å². The summed E-state index contributed by atoms with van der Waals surface area (Å²) in [5, 5.41) is 3.02. The number of pyridine rings is 1. The summed E-state index contributed by atoms with van der Waals surface area (Å²) < 4.78 is 5.28. The highest BCUT2D eigenvalue weighted by Crippen LogP contribution is 2.30. The molecule has 126 valence electrons. The van der Waals surface area contributed by atoms with E-state index in [-0.39, 0.29) is 12.6 Å². The van der Waals surface area contributed by atoms with Crippen molar-refractivity contribution in [1.29, 1.82) is 0 Å². The van der Waals surface area contributed by atoms with Gasteiger partial charge in [0.05, 0.1) is 16.8 Å². The molecule has 0 aliphatic rings. The smallest absolute Gasteiger partial charge is 0.339 e. The van der Waals surface area contributed by atoms with Crippen LogP contribution in [-0.2, 0) is 4.74 Å². The summed E-state index contributed by atoms with van der Waals surface area (Å²) >= 11 is 0. The van der Waals surface area contributed by atoms with Crippen LogP contribution in [0, 0.1) is 0 Å². The van der Waals surface area contributed by atoms with E-state index < -0.39 is 0 Å². The Morgan fingerprint density at radius 2 is 1.69 bits per heavy atom. The van der Waals surface area contributed by atoms with Crippen LogP contribution >= 0.6 is 0 Å². The molecule has 0 spiro atoms. The van der Waals surface area contributed by atoms with Crippen LogP contribution < -0.4 is 0 Å². The zero-order chi connectivity index (χ0) is 17.9. The molecule has 0 saturated heterocycles. The van der Waals surface area contributed by atoms with Crippen molar-refractivity contribution in [3.05, 3.63) is 91.0 Å². The summed E-state index contributed by atoms with van der Waals surface area (Å²) in [4.78, 5) is 17.4. The average Bonchev–Trinajstić information content (AvgIpc) is 2.70. The Kier molecular flexibility index (Phi) is 4.20. The summed E-state index contributed by atoms with van der Waals surface area (Å²) in [6.45, 7) is 3.78. The summed E-state index contributed by atoms with van der Waals surface area (Å²) in [6.07, 6.45) is 1.56. The average molecular weight is 339 g/mol. The van der Waals surface area contributed by atoms with Gasteiger partial charge in [-0.15, -0.1) is 0 Å². The highest BCUT2D eigenvalue weighted by Gasteiger charge is 2.15. The number of rotatable bonds is 4. The lowest BCUT2D eigenvalue weighted by atomic mass is 9.99. The number of hydrogen-bond acceptors (Lipinski definition) is 3. The van der Waals surface area contributed by atoms with Gasteiger partial charge in [-0.3, -0.25) is 0 Å². The van der Waals surface area contributed by atoms with Crippen LogP contribution in [0.4, 0.5) is 0 Å². The van der Waals surface area contributed by atoms with E-state index in [9.17, 15) is 4.79 Å². The molecule has 0 unspecified atom stereocenters. The van der Waals surface area contributed by atoms with Gasteiger partial charge in [0.15, 0.2) is 0 Å². The molecule has 4 rings (SSSR count). The second-order valence-corrected chi connectivity index (χ2v) is 5.99. The van der Waals surface area contributed by atoms with Gasteiger partial charge in [0.25, 0.3) is 0 Å². The number of nitrogens with zero attached hydrogens (tertiary/aromatic N) is 1. The maximum absolute atomic E-state index is 12.6. The van der Waals surface area contributed by atoms with Gasteiger partial charge in [0, 0.05) is 10.9 Å². The fraction of sp³-hybridized carbons (Fsp3) is 0.0435. The van der Waals surface area contributed by atoms with Crippen molar-refractivity contribution in [2.45, 2.75) is 0 Å². The molecule has 0 N–H and O–H groups in total. The molecule has 3 heteroatoms. The predicted octanol–water partition coefficient (Wildman–Crippen LogP) is 5.40. The standard InChI is InChI=1S/C23H17NO2/c1-2-14-26-23(25)20-15-22(24-21-13-6-5-11-19(20)21)18-12-7-9-16-8-3-4-10-17(16)18/h2-13,15H,1,14H2. The van der Waals surface area contributed by atoms with Crippen LogP contribution in [0.2, 0.25) is 0 Å². The number of ether oxygens (including phenoxy) is 1. The molecule has 4 aromatic rings. The molecule has 3 aromatic carbocycles. The van der Waals surface area contributed by atoms with E-state index in [1.54, 1.807) is 6.08 Å². The summed E-state index contributed by atoms with van der Waals surface area (Å²) in [5.74, 6) is -0.370. The molecule has 0 aliphatic heterocycles. The first-order chi connectivity index (χ1) is 12.8. The van der Waals surface area contributed by atoms with Gasteiger partial charge in [0.1, 0.15) is 6.61 Å². The van der Waals surface area contributed by atoms with E-state index in [4.69, 9.17) is 9.72 Å². The highest BCUT2D eigenvalue weighted by molar-refractivity contribution is 6.06. The molecule has 3 nitrogen and oxygen atoms in total. The number of aromatic nitrogens is 1. The molecule has 0 aliphatic carbocycles. The number of carbonyl (C=O) groups is 1. The van der Waals surface area contributed by atoms with Crippen LogP contribution in [-0.4, -0.2) is 17.6 Å². The van der Waals surface area contributed by atoms with Gasteiger partial charge in [-0.2, -0.15) is 0 Å². The molecule has 0 fully saturated rings. The third-order valence-electron chi connectivity index (χ3n) is 4.33. The van der Waals surface area contributed by atoms with E-state index in [0.29, 0.717) is 5.56 Å². The minimum absolute atomic E-state index is 0.180. The highest BCUT2D eigenvalue weighted by atomic mass is 16.5. The number of hydrogen-bond donors (Lipinski definition) is 0. The fourth-order valence-corrected chi connectivity index (χ4v) is 3.14. The Hall–Kier alpha value is -3.46. The molecule has 0 saturated carbocycles. The molecular formula is C23H17NO2. The Morgan fingerprint density at radius 1 is 0.962 bits per heavy atom. The lowest BCUT2D eigenvalue weighted by Gasteiger charge is -2.11. The van der Waals surface area contributed by atoms with Crippen molar-refractivity contribution in [2.24, 2.45) is 0 Å². The second-order valence-electron chi connectivity index (χ2n) is 5.99. The van der Waals surface area contributed by atoms with Gasteiger partial charge < -0.3 is 4.74 Å². The van der Waals surface area contributed by atoms with Gasteiger partial charge >= 0.3 is 5.97 Å². The van der Waals surface area contributed by atoms with Crippen molar-refractivity contribution in [3.63, 3.8) is 0 Å². The van der Waals surface area contributed by atoms with E-state index in [1.807, 2.05) is 54.6 Å². The minimum Gasteiger partial charge on any atom is -0.458 e. The SMILES string of the molecule is C=CCOC(=O)c1cc(-c2cccc3ccccc23)nc2ccccc12. The van der Waals surface area contributed by atoms with Crippen LogP contribution in [0.3, 0.4) is 0 Å². The number of benzene rings is 3. The lowest BCUT2D eigenvalue weighted by Crippen LogP contribution is -2.07. The molecular weight excluding hydrogens is 322 g/mol. The van der Waals surface area contributed by atoms with Crippen LogP contribution in [0.5, 0.6) is 0 Å². The third-order valence-corrected chi connectivity index (χ3v) is 4.33. The van der Waals surface area contributed by atoms with Gasteiger partial charge in [-0.25, -0.2) is 9.78 Å². The first kappa shape index (κ1) is 16.0. The van der Waals surface area contributed by atoms with Crippen molar-refractivity contribution in [3.8, 4) is 11.3 Å². The van der Waals surface area contributed by atoms with Gasteiger partial charge in [-0.1, -0.05) is 73.3 Å². The number of carbonyl (C=O) groups excluding carboxylic acids is 1. The lowest BCUT2D eigenvalue weighted by molar-refractivity contribution is 0.0552. The van der Waals surface area contributed by atoms with Gasteiger partial charge in [0.2, 0.25) is 0 Å².